The maximum absolute atomic E-state index is 5.49. The van der Waals surface area contributed by atoms with Crippen molar-refractivity contribution < 1.29 is 4.74 Å². The number of fused-ring (bicyclic) bond motifs is 1. The molecule has 2 rings (SSSR count). The van der Waals surface area contributed by atoms with E-state index in [9.17, 15) is 0 Å². The highest BCUT2D eigenvalue weighted by molar-refractivity contribution is 5.41. The molecule has 1 unspecified atom stereocenters. The number of hydrogen-bond acceptors (Lipinski definition) is 1. The molecule has 11 heavy (non-hydrogen) atoms. The van der Waals surface area contributed by atoms with Gasteiger partial charge >= 0.3 is 0 Å². The van der Waals surface area contributed by atoms with Crippen LogP contribution in [0.2, 0.25) is 0 Å². The first-order chi connectivity index (χ1) is 5.27. The molecule has 0 aromatic heterocycles. The second-order valence-corrected chi connectivity index (χ2v) is 3.25. The Morgan fingerprint density at radius 1 is 1.45 bits per heavy atom. The maximum atomic E-state index is 5.49. The Morgan fingerprint density at radius 2 is 2.27 bits per heavy atom. The summed E-state index contributed by atoms with van der Waals surface area (Å²) in [6.07, 6.45) is 0. The van der Waals surface area contributed by atoms with Crippen LogP contribution in [0.1, 0.15) is 24.0 Å². The highest BCUT2D eigenvalue weighted by Crippen LogP contribution is 2.33. The highest BCUT2D eigenvalue weighted by Gasteiger charge is 2.18. The molecular weight excluding hydrogens is 136 g/mol. The van der Waals surface area contributed by atoms with Gasteiger partial charge < -0.3 is 4.74 Å². The molecule has 0 N–H and O–H groups in total. The van der Waals surface area contributed by atoms with E-state index in [4.69, 9.17) is 4.74 Å². The van der Waals surface area contributed by atoms with Gasteiger partial charge in [-0.3, -0.25) is 0 Å². The van der Waals surface area contributed by atoms with E-state index in [1.54, 1.807) is 0 Å². The van der Waals surface area contributed by atoms with Crippen LogP contribution in [0.3, 0.4) is 0 Å². The quantitative estimate of drug-likeness (QED) is 0.549. The molecule has 1 heterocycles. The first-order valence-electron chi connectivity index (χ1n) is 4.01. The normalized spacial score (nSPS) is 21.1. The van der Waals surface area contributed by atoms with Gasteiger partial charge in [0, 0.05) is 11.5 Å². The molecule has 0 radical (unpaired) electrons. The summed E-state index contributed by atoms with van der Waals surface area (Å²) < 4.78 is 5.49. The molecule has 0 aliphatic carbocycles. The molecule has 0 spiro atoms. The SMILES string of the molecule is Cc1ccc2c(c1)OCC2C. The Balaban J connectivity index is 2.50. The highest BCUT2D eigenvalue weighted by atomic mass is 16.5. The topological polar surface area (TPSA) is 9.23 Å². The molecule has 0 saturated carbocycles. The van der Waals surface area contributed by atoms with Crippen LogP contribution in [-0.2, 0) is 0 Å². The first-order valence-corrected chi connectivity index (χ1v) is 4.01. The standard InChI is InChI=1S/C10H12O/c1-7-3-4-9-8(2)6-11-10(9)5-7/h3-5,8H,6H2,1-2H3. The van der Waals surface area contributed by atoms with Crippen molar-refractivity contribution in [1.82, 2.24) is 0 Å². The molecule has 0 fully saturated rings. The Kier molecular flexibility index (Phi) is 1.38. The Bertz CT molecular complexity index is 278. The van der Waals surface area contributed by atoms with Crippen molar-refractivity contribution in [3.63, 3.8) is 0 Å². The van der Waals surface area contributed by atoms with Crippen molar-refractivity contribution in [2.75, 3.05) is 6.61 Å². The fraction of sp³-hybridized carbons (Fsp3) is 0.400. The van der Waals surface area contributed by atoms with E-state index in [0.717, 1.165) is 12.4 Å². The van der Waals surface area contributed by atoms with Crippen LogP contribution >= 0.6 is 0 Å². The zero-order valence-corrected chi connectivity index (χ0v) is 6.92. The predicted molar refractivity (Wildman–Crippen MR) is 45.1 cm³/mol. The van der Waals surface area contributed by atoms with Gasteiger partial charge in [0.2, 0.25) is 0 Å². The van der Waals surface area contributed by atoms with Crippen LogP contribution in [0.25, 0.3) is 0 Å². The summed E-state index contributed by atoms with van der Waals surface area (Å²) in [6.45, 7) is 5.13. The second kappa shape index (κ2) is 2.26. The largest absolute Gasteiger partial charge is 0.493 e. The van der Waals surface area contributed by atoms with E-state index in [1.165, 1.54) is 11.1 Å². The fourth-order valence-corrected chi connectivity index (χ4v) is 1.48. The van der Waals surface area contributed by atoms with Gasteiger partial charge in [0.1, 0.15) is 5.75 Å². The molecule has 1 aliphatic rings. The number of hydrogen-bond donors (Lipinski definition) is 0. The minimum atomic E-state index is 0.575. The lowest BCUT2D eigenvalue weighted by Gasteiger charge is -1.99. The van der Waals surface area contributed by atoms with Crippen molar-refractivity contribution in [3.8, 4) is 5.75 Å². The Morgan fingerprint density at radius 3 is 3.09 bits per heavy atom. The third-order valence-electron chi connectivity index (χ3n) is 2.19. The molecule has 58 valence electrons. The zero-order chi connectivity index (χ0) is 7.84. The summed E-state index contributed by atoms with van der Waals surface area (Å²) in [4.78, 5) is 0. The van der Waals surface area contributed by atoms with Gasteiger partial charge in [-0.05, 0) is 18.6 Å². The van der Waals surface area contributed by atoms with Crippen molar-refractivity contribution in [3.05, 3.63) is 29.3 Å². The van der Waals surface area contributed by atoms with Gasteiger partial charge in [-0.2, -0.15) is 0 Å². The molecule has 1 atom stereocenters. The minimum absolute atomic E-state index is 0.575. The molecule has 1 heteroatoms. The second-order valence-electron chi connectivity index (χ2n) is 3.25. The van der Waals surface area contributed by atoms with Gasteiger partial charge in [0.05, 0.1) is 6.61 Å². The first kappa shape index (κ1) is 6.71. The summed E-state index contributed by atoms with van der Waals surface area (Å²) in [5.41, 5.74) is 2.63. The van der Waals surface area contributed by atoms with E-state index >= 15 is 0 Å². The van der Waals surface area contributed by atoms with Crippen LogP contribution < -0.4 is 4.74 Å². The van der Waals surface area contributed by atoms with Crippen molar-refractivity contribution >= 4 is 0 Å². The summed E-state index contributed by atoms with van der Waals surface area (Å²) in [5.74, 6) is 1.66. The molecule has 0 saturated heterocycles. The average molecular weight is 148 g/mol. The lowest BCUT2D eigenvalue weighted by molar-refractivity contribution is 0.337. The molecule has 1 aromatic carbocycles. The number of rotatable bonds is 0. The molecular formula is C10H12O. The van der Waals surface area contributed by atoms with Gasteiger partial charge in [-0.15, -0.1) is 0 Å². The summed E-state index contributed by atoms with van der Waals surface area (Å²) in [5, 5.41) is 0. The fourth-order valence-electron chi connectivity index (χ4n) is 1.48. The zero-order valence-electron chi connectivity index (χ0n) is 6.92. The Hall–Kier alpha value is -0.980. The summed E-state index contributed by atoms with van der Waals surface area (Å²) in [7, 11) is 0. The predicted octanol–water partition coefficient (Wildman–Crippen LogP) is 2.49. The third kappa shape index (κ3) is 1.01. The minimum Gasteiger partial charge on any atom is -0.493 e. The van der Waals surface area contributed by atoms with E-state index in [-0.39, 0.29) is 0 Å². The van der Waals surface area contributed by atoms with Crippen LogP contribution in [0.5, 0.6) is 5.75 Å². The van der Waals surface area contributed by atoms with Crippen LogP contribution in [0.15, 0.2) is 18.2 Å². The van der Waals surface area contributed by atoms with Crippen LogP contribution in [-0.4, -0.2) is 6.61 Å². The van der Waals surface area contributed by atoms with Gasteiger partial charge in [0.15, 0.2) is 0 Å². The van der Waals surface area contributed by atoms with Crippen molar-refractivity contribution in [2.45, 2.75) is 19.8 Å². The van der Waals surface area contributed by atoms with E-state index in [2.05, 4.69) is 32.0 Å². The van der Waals surface area contributed by atoms with Crippen molar-refractivity contribution in [1.29, 1.82) is 0 Å². The van der Waals surface area contributed by atoms with Gasteiger partial charge in [0.25, 0.3) is 0 Å². The van der Waals surface area contributed by atoms with Gasteiger partial charge in [-0.1, -0.05) is 19.1 Å². The van der Waals surface area contributed by atoms with Crippen LogP contribution in [0, 0.1) is 6.92 Å². The van der Waals surface area contributed by atoms with Crippen LogP contribution in [0.4, 0.5) is 0 Å². The third-order valence-corrected chi connectivity index (χ3v) is 2.19. The number of benzene rings is 1. The molecule has 1 aliphatic heterocycles. The monoisotopic (exact) mass is 148 g/mol. The summed E-state index contributed by atoms with van der Waals surface area (Å²) >= 11 is 0. The average Bonchev–Trinajstić information content (AvgIpc) is 2.32. The van der Waals surface area contributed by atoms with Crippen molar-refractivity contribution in [2.24, 2.45) is 0 Å². The number of ether oxygens (including phenoxy) is 1. The maximum Gasteiger partial charge on any atom is 0.123 e. The smallest absolute Gasteiger partial charge is 0.123 e. The molecule has 1 aromatic rings. The molecule has 0 amide bonds. The summed E-state index contributed by atoms with van der Waals surface area (Å²) in [6, 6.07) is 6.42. The molecule has 1 nitrogen and oxygen atoms in total. The lowest BCUT2D eigenvalue weighted by Crippen LogP contribution is -1.93. The van der Waals surface area contributed by atoms with Gasteiger partial charge in [-0.25, -0.2) is 0 Å². The van der Waals surface area contributed by atoms with E-state index < -0.39 is 0 Å². The Labute approximate surface area is 67.0 Å². The molecule has 0 bridgehead atoms. The lowest BCUT2D eigenvalue weighted by atomic mass is 10.0. The van der Waals surface area contributed by atoms with E-state index in [1.807, 2.05) is 0 Å². The number of aryl methyl sites for hydroxylation is 1. The van der Waals surface area contributed by atoms with E-state index in [0.29, 0.717) is 5.92 Å².